The number of hydrogen-bond donors (Lipinski definition) is 1. The molecule has 0 aliphatic rings. The topological polar surface area (TPSA) is 108 Å². The first kappa shape index (κ1) is 19.1. The molecule has 8 heteroatoms. The van der Waals surface area contributed by atoms with E-state index in [0.717, 1.165) is 22.2 Å². The molecule has 3 aromatic heterocycles. The van der Waals surface area contributed by atoms with Crippen LogP contribution in [0.4, 0.5) is 0 Å². The highest BCUT2D eigenvalue weighted by Gasteiger charge is 2.13. The number of thiazole rings is 1. The number of rotatable bonds is 3. The van der Waals surface area contributed by atoms with Crippen molar-refractivity contribution >= 4 is 39.4 Å². The molecule has 0 atom stereocenters. The Morgan fingerprint density at radius 3 is 2.71 bits per heavy atom. The first-order valence-electron chi connectivity index (χ1n) is 9.40. The summed E-state index contributed by atoms with van der Waals surface area (Å²) in [4.78, 5) is 29.4. The molecule has 0 aliphatic heterocycles. The molecule has 0 saturated heterocycles. The molecule has 0 bridgehead atoms. The van der Waals surface area contributed by atoms with Crippen LogP contribution in [0.3, 0.4) is 0 Å². The molecule has 5 aromatic rings. The van der Waals surface area contributed by atoms with Gasteiger partial charge in [0.2, 0.25) is 0 Å². The van der Waals surface area contributed by atoms with E-state index >= 15 is 0 Å². The molecule has 1 N–H and O–H groups in total. The van der Waals surface area contributed by atoms with Crippen LogP contribution in [0.2, 0.25) is 0 Å². The Bertz CT molecular complexity index is 1620. The van der Waals surface area contributed by atoms with E-state index in [-0.39, 0.29) is 11.1 Å². The Hall–Kier alpha value is -3.91. The number of nitrogens with zero attached hydrogens (tertiary/aromatic N) is 2. The monoisotopic (exact) mass is 431 g/mol. The predicted octanol–water partition coefficient (Wildman–Crippen LogP) is 3.11. The summed E-state index contributed by atoms with van der Waals surface area (Å²) in [6.45, 7) is 4.01. The molecule has 0 aliphatic carbocycles. The third kappa shape index (κ3) is 3.08. The average molecular weight is 431 g/mol. The van der Waals surface area contributed by atoms with Gasteiger partial charge < -0.3 is 14.6 Å². The van der Waals surface area contributed by atoms with Crippen molar-refractivity contribution in [2.75, 3.05) is 0 Å². The number of aromatic nitrogens is 2. The van der Waals surface area contributed by atoms with E-state index in [9.17, 15) is 14.7 Å². The van der Waals surface area contributed by atoms with Gasteiger partial charge in [0.25, 0.3) is 5.56 Å². The van der Waals surface area contributed by atoms with Crippen molar-refractivity contribution in [1.82, 2.24) is 9.38 Å². The molecule has 7 nitrogen and oxygen atoms in total. The second-order valence-electron chi connectivity index (χ2n) is 7.29. The number of benzene rings is 2. The summed E-state index contributed by atoms with van der Waals surface area (Å²) in [5.74, 6) is -1.01. The van der Waals surface area contributed by atoms with E-state index in [1.54, 1.807) is 22.6 Å². The van der Waals surface area contributed by atoms with Crippen LogP contribution in [0.1, 0.15) is 27.2 Å². The Labute approximate surface area is 179 Å². The van der Waals surface area contributed by atoms with Crippen molar-refractivity contribution in [1.29, 1.82) is 0 Å². The third-order valence-corrected chi connectivity index (χ3v) is 6.22. The predicted molar refractivity (Wildman–Crippen MR) is 116 cm³/mol. The molecular weight excluding hydrogens is 416 g/mol. The molecule has 5 rings (SSSR count). The number of aryl methyl sites for hydroxylation is 2. The number of carbonyl (C=O) groups is 1. The number of aromatic carboxylic acids is 1. The highest BCUT2D eigenvalue weighted by atomic mass is 32.1. The Kier molecular flexibility index (Phi) is 4.19. The standard InChI is InChI=1S/C23H16N2O5S/c1-11-7-16-17(8-12(11)2)25-21(27)20(31-23(25)24-16)10-14-4-6-19(30-14)13-3-5-18(26)15(9-13)22(28)29/h3-10,26H,1-2H3,(H,28,29)/p-1/b20-10-. The van der Waals surface area contributed by atoms with Crippen molar-refractivity contribution in [3.05, 3.63) is 79.8 Å². The highest BCUT2D eigenvalue weighted by Crippen LogP contribution is 2.27. The van der Waals surface area contributed by atoms with Crippen LogP contribution in [0.25, 0.3) is 33.4 Å². The molecule has 3 heterocycles. The summed E-state index contributed by atoms with van der Waals surface area (Å²) in [5, 5.41) is 20.8. The zero-order chi connectivity index (χ0) is 21.9. The van der Waals surface area contributed by atoms with Crippen LogP contribution in [-0.4, -0.2) is 20.5 Å². The minimum Gasteiger partial charge on any atom is -0.872 e. The van der Waals surface area contributed by atoms with Crippen LogP contribution in [0.15, 0.2) is 51.7 Å². The van der Waals surface area contributed by atoms with Gasteiger partial charge in [0.05, 0.1) is 16.6 Å². The number of imidazole rings is 1. The van der Waals surface area contributed by atoms with Crippen molar-refractivity contribution in [2.24, 2.45) is 0 Å². The Morgan fingerprint density at radius 1 is 1.16 bits per heavy atom. The van der Waals surface area contributed by atoms with Crippen LogP contribution in [0.5, 0.6) is 5.75 Å². The zero-order valence-corrected chi connectivity index (χ0v) is 17.3. The maximum absolute atomic E-state index is 13.0. The lowest BCUT2D eigenvalue weighted by Crippen LogP contribution is -2.22. The second kappa shape index (κ2) is 6.82. The summed E-state index contributed by atoms with van der Waals surface area (Å²) in [5.41, 5.74) is 3.75. The first-order valence-corrected chi connectivity index (χ1v) is 10.2. The fraction of sp³-hybridized carbons (Fsp3) is 0.0870. The van der Waals surface area contributed by atoms with Gasteiger partial charge in [0.15, 0.2) is 4.96 Å². The van der Waals surface area contributed by atoms with Crippen LogP contribution < -0.4 is 15.2 Å². The van der Waals surface area contributed by atoms with Crippen molar-refractivity contribution < 1.29 is 19.4 Å². The van der Waals surface area contributed by atoms with Gasteiger partial charge in [-0.2, -0.15) is 0 Å². The molecule has 0 amide bonds. The van der Waals surface area contributed by atoms with E-state index in [1.165, 1.54) is 29.5 Å². The Balaban J connectivity index is 1.59. The third-order valence-electron chi connectivity index (χ3n) is 5.25. The number of furan rings is 1. The summed E-state index contributed by atoms with van der Waals surface area (Å²) >= 11 is 1.27. The minimum atomic E-state index is -1.29. The minimum absolute atomic E-state index is 0.174. The smallest absolute Gasteiger partial charge is 0.335 e. The largest absolute Gasteiger partial charge is 0.872 e. The van der Waals surface area contributed by atoms with Gasteiger partial charge in [-0.1, -0.05) is 29.2 Å². The second-order valence-corrected chi connectivity index (χ2v) is 8.30. The van der Waals surface area contributed by atoms with Crippen LogP contribution in [-0.2, 0) is 0 Å². The SMILES string of the molecule is Cc1cc2nc3s/c(=C\c4ccc(-c5ccc([O-])c(C(=O)O)c5)o4)c(=O)n3c2cc1C. The number of hydrogen-bond acceptors (Lipinski definition) is 6. The Morgan fingerprint density at radius 2 is 1.94 bits per heavy atom. The van der Waals surface area contributed by atoms with Crippen LogP contribution >= 0.6 is 11.3 Å². The van der Waals surface area contributed by atoms with Crippen molar-refractivity contribution in [3.63, 3.8) is 0 Å². The van der Waals surface area contributed by atoms with Gasteiger partial charge >= 0.3 is 5.97 Å². The fourth-order valence-electron chi connectivity index (χ4n) is 3.48. The molecular formula is C23H15N2O5S-. The fourth-order valence-corrected chi connectivity index (χ4v) is 4.45. The molecule has 154 valence electrons. The molecule has 0 radical (unpaired) electrons. The maximum Gasteiger partial charge on any atom is 0.335 e. The van der Waals surface area contributed by atoms with Gasteiger partial charge in [-0.25, -0.2) is 14.2 Å². The van der Waals surface area contributed by atoms with E-state index in [2.05, 4.69) is 4.98 Å². The molecule has 0 saturated carbocycles. The summed E-state index contributed by atoms with van der Waals surface area (Å²) < 4.78 is 7.87. The molecule has 0 unspecified atom stereocenters. The highest BCUT2D eigenvalue weighted by molar-refractivity contribution is 7.15. The maximum atomic E-state index is 13.0. The molecule has 2 aromatic carbocycles. The normalized spacial score (nSPS) is 12.3. The summed E-state index contributed by atoms with van der Waals surface area (Å²) in [6, 6.07) is 11.3. The van der Waals surface area contributed by atoms with E-state index in [1.807, 2.05) is 26.0 Å². The van der Waals surface area contributed by atoms with Crippen molar-refractivity contribution in [2.45, 2.75) is 13.8 Å². The lowest BCUT2D eigenvalue weighted by atomic mass is 10.1. The van der Waals surface area contributed by atoms with Gasteiger partial charge in [0.1, 0.15) is 16.1 Å². The van der Waals surface area contributed by atoms with Gasteiger partial charge in [-0.05, 0) is 55.3 Å². The van der Waals surface area contributed by atoms with Crippen LogP contribution in [0, 0.1) is 13.8 Å². The quantitative estimate of drug-likeness (QED) is 0.470. The molecule has 0 fully saturated rings. The molecule has 0 spiro atoms. The number of carboxylic acids is 1. The first-order chi connectivity index (χ1) is 14.8. The lowest BCUT2D eigenvalue weighted by Gasteiger charge is -2.10. The number of fused-ring (bicyclic) bond motifs is 3. The average Bonchev–Trinajstić information content (AvgIpc) is 3.39. The van der Waals surface area contributed by atoms with Gasteiger partial charge in [-0.3, -0.25) is 4.79 Å². The lowest BCUT2D eigenvalue weighted by molar-refractivity contribution is -0.268. The molecule has 31 heavy (non-hydrogen) atoms. The van der Waals surface area contributed by atoms with E-state index in [4.69, 9.17) is 9.52 Å². The summed E-state index contributed by atoms with van der Waals surface area (Å²) in [7, 11) is 0. The summed E-state index contributed by atoms with van der Waals surface area (Å²) in [6.07, 6.45) is 1.64. The van der Waals surface area contributed by atoms with Crippen molar-refractivity contribution in [3.8, 4) is 17.1 Å². The van der Waals surface area contributed by atoms with Gasteiger partial charge in [0, 0.05) is 11.6 Å². The zero-order valence-electron chi connectivity index (χ0n) is 16.5. The van der Waals surface area contributed by atoms with E-state index < -0.39 is 11.7 Å². The number of carboxylic acid groups (broad SMARTS) is 1. The van der Waals surface area contributed by atoms with Gasteiger partial charge in [-0.15, -0.1) is 0 Å². The van der Waals surface area contributed by atoms with E-state index in [0.29, 0.717) is 26.6 Å².